The number of esters is 1. The van der Waals surface area contributed by atoms with Crippen molar-refractivity contribution in [3.63, 3.8) is 0 Å². The van der Waals surface area contributed by atoms with Crippen molar-refractivity contribution >= 4 is 11.9 Å². The number of ether oxygens (including phenoxy) is 1. The van der Waals surface area contributed by atoms with Gasteiger partial charge < -0.3 is 9.84 Å². The van der Waals surface area contributed by atoms with Crippen molar-refractivity contribution in [2.24, 2.45) is 0 Å². The van der Waals surface area contributed by atoms with Gasteiger partial charge in [0.05, 0.1) is 6.61 Å². The Bertz CT molecular complexity index is 290. The Morgan fingerprint density at radius 2 is 1.88 bits per heavy atom. The number of hydrogen-bond donors (Lipinski definition) is 1. The second-order valence-electron chi connectivity index (χ2n) is 3.55. The topological polar surface area (TPSA) is 63.6 Å². The molecule has 0 radical (unpaired) electrons. The fourth-order valence-electron chi connectivity index (χ4n) is 0.556. The summed E-state index contributed by atoms with van der Waals surface area (Å²) in [6.45, 7) is 10.9. The van der Waals surface area contributed by atoms with Gasteiger partial charge >= 0.3 is 11.9 Å². The molecule has 17 heavy (non-hydrogen) atoms. The van der Waals surface area contributed by atoms with Crippen LogP contribution in [-0.2, 0) is 14.3 Å². The SMILES string of the molecule is C=C(C)C(=O)OCCCC.CC=C(C)C(=O)O. The molecule has 0 aliphatic carbocycles. The Balaban J connectivity index is 0. The first kappa shape index (κ1) is 17.8. The molecule has 0 bridgehead atoms. The predicted octanol–water partition coefficient (Wildman–Crippen LogP) is 2.94. The summed E-state index contributed by atoms with van der Waals surface area (Å²) in [6, 6.07) is 0. The molecule has 1 N–H and O–H groups in total. The van der Waals surface area contributed by atoms with Crippen molar-refractivity contribution in [1.82, 2.24) is 0 Å². The van der Waals surface area contributed by atoms with Crippen molar-refractivity contribution < 1.29 is 19.4 Å². The van der Waals surface area contributed by atoms with Gasteiger partial charge in [-0.25, -0.2) is 9.59 Å². The summed E-state index contributed by atoms with van der Waals surface area (Å²) < 4.78 is 4.81. The van der Waals surface area contributed by atoms with Gasteiger partial charge in [-0.1, -0.05) is 26.0 Å². The summed E-state index contributed by atoms with van der Waals surface area (Å²) in [5.41, 5.74) is 0.858. The van der Waals surface area contributed by atoms with Gasteiger partial charge in [0, 0.05) is 11.1 Å². The molecular formula is C13H22O4. The lowest BCUT2D eigenvalue weighted by Gasteiger charge is -2.01. The Hall–Kier alpha value is -1.58. The summed E-state index contributed by atoms with van der Waals surface area (Å²) in [7, 11) is 0. The molecule has 0 spiro atoms. The number of carboxylic acid groups (broad SMARTS) is 1. The summed E-state index contributed by atoms with van der Waals surface area (Å²) in [5.74, 6) is -1.13. The highest BCUT2D eigenvalue weighted by atomic mass is 16.5. The number of rotatable bonds is 5. The molecule has 4 nitrogen and oxygen atoms in total. The molecule has 0 saturated heterocycles. The van der Waals surface area contributed by atoms with Gasteiger partial charge in [0.15, 0.2) is 0 Å². The fraction of sp³-hybridized carbons (Fsp3) is 0.538. The highest BCUT2D eigenvalue weighted by Crippen LogP contribution is 1.94. The van der Waals surface area contributed by atoms with Crippen molar-refractivity contribution in [1.29, 1.82) is 0 Å². The second-order valence-corrected chi connectivity index (χ2v) is 3.55. The highest BCUT2D eigenvalue weighted by molar-refractivity contribution is 5.86. The lowest BCUT2D eigenvalue weighted by Crippen LogP contribution is -2.05. The van der Waals surface area contributed by atoms with E-state index in [1.54, 1.807) is 26.8 Å². The van der Waals surface area contributed by atoms with Crippen LogP contribution in [0.1, 0.15) is 40.5 Å². The molecule has 0 amide bonds. The Morgan fingerprint density at radius 1 is 1.35 bits per heavy atom. The number of hydrogen-bond acceptors (Lipinski definition) is 3. The first-order chi connectivity index (χ1) is 7.86. The number of carbonyl (C=O) groups is 2. The fourth-order valence-corrected chi connectivity index (χ4v) is 0.556. The van der Waals surface area contributed by atoms with Crippen LogP contribution in [0.25, 0.3) is 0 Å². The number of allylic oxidation sites excluding steroid dienone is 1. The van der Waals surface area contributed by atoms with Gasteiger partial charge in [-0.15, -0.1) is 0 Å². The van der Waals surface area contributed by atoms with Crippen molar-refractivity contribution in [2.75, 3.05) is 6.61 Å². The molecule has 0 fully saturated rings. The zero-order valence-corrected chi connectivity index (χ0v) is 11.1. The van der Waals surface area contributed by atoms with Crippen LogP contribution in [0.2, 0.25) is 0 Å². The first-order valence-electron chi connectivity index (χ1n) is 5.55. The molecule has 0 aliphatic heterocycles. The van der Waals surface area contributed by atoms with Gasteiger partial charge in [0.1, 0.15) is 0 Å². The quantitative estimate of drug-likeness (QED) is 0.457. The summed E-state index contributed by atoms with van der Waals surface area (Å²) in [4.78, 5) is 20.6. The van der Waals surface area contributed by atoms with Crippen LogP contribution in [0.4, 0.5) is 0 Å². The normalized spacial score (nSPS) is 10.0. The van der Waals surface area contributed by atoms with E-state index in [0.717, 1.165) is 12.8 Å². The molecule has 0 aromatic heterocycles. The summed E-state index contributed by atoms with van der Waals surface area (Å²) in [6.07, 6.45) is 3.53. The molecule has 4 heteroatoms. The van der Waals surface area contributed by atoms with E-state index in [-0.39, 0.29) is 5.97 Å². The van der Waals surface area contributed by atoms with E-state index >= 15 is 0 Å². The lowest BCUT2D eigenvalue weighted by atomic mass is 10.3. The molecule has 0 saturated carbocycles. The van der Waals surface area contributed by atoms with E-state index in [1.807, 2.05) is 0 Å². The van der Waals surface area contributed by atoms with Crippen molar-refractivity contribution in [2.45, 2.75) is 40.5 Å². The molecule has 0 aromatic rings. The molecule has 98 valence electrons. The lowest BCUT2D eigenvalue weighted by molar-refractivity contribution is -0.139. The smallest absolute Gasteiger partial charge is 0.333 e. The van der Waals surface area contributed by atoms with Crippen LogP contribution in [-0.4, -0.2) is 23.7 Å². The number of carbonyl (C=O) groups excluding carboxylic acids is 1. The number of aliphatic carboxylic acids is 1. The van der Waals surface area contributed by atoms with Gasteiger partial charge in [0.25, 0.3) is 0 Å². The standard InChI is InChI=1S/C8H14O2.C5H8O2/c1-4-5-6-10-8(9)7(2)3;1-3-4(2)5(6)7/h2,4-6H2,1,3H3;3H,1-2H3,(H,6,7). The van der Waals surface area contributed by atoms with Crippen LogP contribution in [0.5, 0.6) is 0 Å². The molecule has 0 rings (SSSR count). The maximum atomic E-state index is 10.7. The minimum Gasteiger partial charge on any atom is -0.478 e. The third kappa shape index (κ3) is 12.4. The monoisotopic (exact) mass is 242 g/mol. The molecule has 0 heterocycles. The van der Waals surface area contributed by atoms with Crippen LogP contribution >= 0.6 is 0 Å². The molecule has 0 aliphatic rings. The van der Waals surface area contributed by atoms with Gasteiger partial charge in [0.2, 0.25) is 0 Å². The average molecular weight is 242 g/mol. The maximum absolute atomic E-state index is 10.7. The summed E-state index contributed by atoms with van der Waals surface area (Å²) in [5, 5.41) is 8.11. The minimum absolute atomic E-state index is 0.284. The molecule has 0 unspecified atom stereocenters. The molecular weight excluding hydrogens is 220 g/mol. The van der Waals surface area contributed by atoms with E-state index < -0.39 is 5.97 Å². The Morgan fingerprint density at radius 3 is 2.12 bits per heavy atom. The van der Waals surface area contributed by atoms with Crippen LogP contribution in [0, 0.1) is 0 Å². The Labute approximate surface area is 103 Å². The minimum atomic E-state index is -0.845. The third-order valence-corrected chi connectivity index (χ3v) is 1.85. The van der Waals surface area contributed by atoms with E-state index in [9.17, 15) is 9.59 Å². The maximum Gasteiger partial charge on any atom is 0.333 e. The van der Waals surface area contributed by atoms with Gasteiger partial charge in [-0.3, -0.25) is 0 Å². The van der Waals surface area contributed by atoms with Crippen molar-refractivity contribution in [3.05, 3.63) is 23.8 Å². The Kier molecular flexibility index (Phi) is 11.4. The van der Waals surface area contributed by atoms with E-state index in [1.165, 1.54) is 0 Å². The van der Waals surface area contributed by atoms with E-state index in [0.29, 0.717) is 17.8 Å². The first-order valence-corrected chi connectivity index (χ1v) is 5.55. The molecule has 0 atom stereocenters. The predicted molar refractivity (Wildman–Crippen MR) is 67.7 cm³/mol. The second kappa shape index (κ2) is 10.9. The number of unbranched alkanes of at least 4 members (excludes halogenated alkanes) is 1. The zero-order valence-electron chi connectivity index (χ0n) is 11.1. The van der Waals surface area contributed by atoms with E-state index in [4.69, 9.17) is 9.84 Å². The van der Waals surface area contributed by atoms with Gasteiger partial charge in [-0.2, -0.15) is 0 Å². The van der Waals surface area contributed by atoms with Crippen LogP contribution in [0.3, 0.4) is 0 Å². The highest BCUT2D eigenvalue weighted by Gasteiger charge is 2.00. The van der Waals surface area contributed by atoms with Crippen LogP contribution < -0.4 is 0 Å². The number of carboxylic acids is 1. The van der Waals surface area contributed by atoms with Gasteiger partial charge in [-0.05, 0) is 27.2 Å². The third-order valence-electron chi connectivity index (χ3n) is 1.85. The van der Waals surface area contributed by atoms with Crippen molar-refractivity contribution in [3.8, 4) is 0 Å². The van der Waals surface area contributed by atoms with E-state index in [2.05, 4.69) is 13.5 Å². The molecule has 0 aromatic carbocycles. The van der Waals surface area contributed by atoms with Crippen LogP contribution in [0.15, 0.2) is 23.8 Å². The zero-order chi connectivity index (χ0) is 13.8. The largest absolute Gasteiger partial charge is 0.478 e. The summed E-state index contributed by atoms with van der Waals surface area (Å²) >= 11 is 0. The average Bonchev–Trinajstić information content (AvgIpc) is 2.28.